The van der Waals surface area contributed by atoms with Gasteiger partial charge in [-0.1, -0.05) is 13.5 Å². The van der Waals surface area contributed by atoms with Crippen LogP contribution in [0.2, 0.25) is 0 Å². The van der Waals surface area contributed by atoms with E-state index >= 15 is 0 Å². The van der Waals surface area contributed by atoms with Gasteiger partial charge >= 0.3 is 5.97 Å². The van der Waals surface area contributed by atoms with E-state index in [1.807, 2.05) is 13.8 Å². The Balaban J connectivity index is 2.03. The zero-order valence-electron chi connectivity index (χ0n) is 13.6. The normalized spacial score (nSPS) is 49.2. The van der Waals surface area contributed by atoms with Crippen molar-refractivity contribution in [2.75, 3.05) is 6.61 Å². The van der Waals surface area contributed by atoms with Crippen LogP contribution >= 0.6 is 0 Å². The van der Waals surface area contributed by atoms with Gasteiger partial charge in [-0.25, -0.2) is 4.79 Å². The predicted octanol–water partition coefficient (Wildman–Crippen LogP) is 1.71. The lowest BCUT2D eigenvalue weighted by molar-refractivity contribution is -0.334. The molecule has 0 heterocycles. The molecule has 4 aliphatic rings. The highest BCUT2D eigenvalue weighted by Gasteiger charge is 2.73. The van der Waals surface area contributed by atoms with E-state index < -0.39 is 28.4 Å². The standard InChI is InChI=1S/C17H26O5/c1-5-21-16-7-14(19)6-15(20,8-16)10-17(9-14,12(16)4)22-13(18)11(2)3/h12,19-20H,2,5-10H2,1,3-4H3. The molecule has 4 rings (SSSR count). The summed E-state index contributed by atoms with van der Waals surface area (Å²) in [5.74, 6) is -0.545. The van der Waals surface area contributed by atoms with E-state index in [1.54, 1.807) is 6.92 Å². The van der Waals surface area contributed by atoms with E-state index in [0.29, 0.717) is 44.3 Å². The highest BCUT2D eigenvalue weighted by molar-refractivity contribution is 5.87. The smallest absolute Gasteiger partial charge is 0.333 e. The van der Waals surface area contributed by atoms with Gasteiger partial charge in [-0.05, 0) is 13.8 Å². The summed E-state index contributed by atoms with van der Waals surface area (Å²) in [4.78, 5) is 12.1. The van der Waals surface area contributed by atoms with Gasteiger partial charge in [0.2, 0.25) is 0 Å². The minimum absolute atomic E-state index is 0.0795. The largest absolute Gasteiger partial charge is 0.455 e. The van der Waals surface area contributed by atoms with Crippen molar-refractivity contribution in [2.24, 2.45) is 5.92 Å². The SMILES string of the molecule is C=C(C)C(=O)OC12CC3(O)CC(O)(CC(OCC)(C3)C1C)C2. The first-order chi connectivity index (χ1) is 10.1. The fourth-order valence-electron chi connectivity index (χ4n) is 5.38. The van der Waals surface area contributed by atoms with Gasteiger partial charge in [0.1, 0.15) is 5.60 Å². The van der Waals surface area contributed by atoms with Gasteiger partial charge in [0, 0.05) is 50.2 Å². The molecule has 0 aromatic carbocycles. The summed E-state index contributed by atoms with van der Waals surface area (Å²) in [6, 6.07) is 0. The molecule has 4 saturated carbocycles. The van der Waals surface area contributed by atoms with Crippen LogP contribution in [0.5, 0.6) is 0 Å². The first-order valence-electron chi connectivity index (χ1n) is 8.05. The summed E-state index contributed by atoms with van der Waals surface area (Å²) in [6.07, 6.45) is 2.02. The van der Waals surface area contributed by atoms with Crippen LogP contribution in [0.3, 0.4) is 0 Å². The molecule has 0 saturated heterocycles. The van der Waals surface area contributed by atoms with E-state index in [9.17, 15) is 15.0 Å². The Morgan fingerprint density at radius 1 is 1.14 bits per heavy atom. The molecule has 3 atom stereocenters. The zero-order chi connectivity index (χ0) is 16.4. The number of carbonyl (C=O) groups excluding carboxylic acids is 1. The quantitative estimate of drug-likeness (QED) is 0.611. The van der Waals surface area contributed by atoms with Gasteiger partial charge in [-0.3, -0.25) is 0 Å². The number of aliphatic hydroxyl groups is 2. The summed E-state index contributed by atoms with van der Waals surface area (Å²) < 4.78 is 11.8. The number of hydrogen-bond donors (Lipinski definition) is 2. The molecular formula is C17H26O5. The van der Waals surface area contributed by atoms with E-state index in [1.165, 1.54) is 0 Å². The number of rotatable bonds is 4. The zero-order valence-corrected chi connectivity index (χ0v) is 13.6. The molecule has 0 amide bonds. The maximum Gasteiger partial charge on any atom is 0.333 e. The van der Waals surface area contributed by atoms with E-state index in [2.05, 4.69) is 6.58 Å². The Morgan fingerprint density at radius 2 is 1.64 bits per heavy atom. The van der Waals surface area contributed by atoms with Crippen molar-refractivity contribution < 1.29 is 24.5 Å². The lowest BCUT2D eigenvalue weighted by atomic mass is 9.44. The molecular weight excluding hydrogens is 284 g/mol. The van der Waals surface area contributed by atoms with Crippen molar-refractivity contribution in [2.45, 2.75) is 75.3 Å². The van der Waals surface area contributed by atoms with E-state index in [-0.39, 0.29) is 5.92 Å². The summed E-state index contributed by atoms with van der Waals surface area (Å²) in [5.41, 5.74) is -3.27. The molecule has 5 heteroatoms. The number of esters is 1. The Labute approximate surface area is 131 Å². The van der Waals surface area contributed by atoms with Crippen LogP contribution in [0.4, 0.5) is 0 Å². The second kappa shape index (κ2) is 4.56. The summed E-state index contributed by atoms with van der Waals surface area (Å²) in [5, 5.41) is 21.9. The second-order valence-electron chi connectivity index (χ2n) is 7.79. The van der Waals surface area contributed by atoms with Gasteiger partial charge in [0.05, 0.1) is 16.8 Å². The Bertz CT molecular complexity index is 507. The molecule has 0 aromatic heterocycles. The fourth-order valence-corrected chi connectivity index (χ4v) is 5.38. The van der Waals surface area contributed by atoms with Gasteiger partial charge < -0.3 is 19.7 Å². The lowest BCUT2D eigenvalue weighted by Crippen LogP contribution is -2.77. The van der Waals surface area contributed by atoms with E-state index in [4.69, 9.17) is 9.47 Å². The third-order valence-corrected chi connectivity index (χ3v) is 5.83. The van der Waals surface area contributed by atoms with Crippen molar-refractivity contribution in [1.29, 1.82) is 0 Å². The van der Waals surface area contributed by atoms with Gasteiger partial charge in [0.25, 0.3) is 0 Å². The molecule has 5 nitrogen and oxygen atoms in total. The Morgan fingerprint density at radius 3 is 2.09 bits per heavy atom. The Hall–Kier alpha value is -0.910. The first-order valence-corrected chi connectivity index (χ1v) is 8.05. The second-order valence-corrected chi connectivity index (χ2v) is 7.79. The minimum atomic E-state index is -1.04. The predicted molar refractivity (Wildman–Crippen MR) is 80.1 cm³/mol. The van der Waals surface area contributed by atoms with Crippen molar-refractivity contribution >= 4 is 5.97 Å². The highest BCUT2D eigenvalue weighted by atomic mass is 16.6. The van der Waals surface area contributed by atoms with Crippen LogP contribution in [0.15, 0.2) is 12.2 Å². The van der Waals surface area contributed by atoms with Crippen LogP contribution in [0.25, 0.3) is 0 Å². The lowest BCUT2D eigenvalue weighted by Gasteiger charge is -2.69. The number of carbonyl (C=O) groups is 1. The maximum absolute atomic E-state index is 12.1. The molecule has 124 valence electrons. The van der Waals surface area contributed by atoms with Crippen LogP contribution in [0.1, 0.15) is 52.9 Å². The minimum Gasteiger partial charge on any atom is -0.455 e. The molecule has 2 N–H and O–H groups in total. The third-order valence-electron chi connectivity index (χ3n) is 5.83. The molecule has 4 aliphatic carbocycles. The van der Waals surface area contributed by atoms with Gasteiger partial charge in [0.15, 0.2) is 0 Å². The monoisotopic (exact) mass is 310 g/mol. The van der Waals surface area contributed by atoms with Gasteiger partial charge in [-0.15, -0.1) is 0 Å². The molecule has 0 aromatic rings. The average molecular weight is 310 g/mol. The maximum atomic E-state index is 12.1. The summed E-state index contributed by atoms with van der Waals surface area (Å²) in [7, 11) is 0. The molecule has 0 aliphatic heterocycles. The average Bonchev–Trinajstić information content (AvgIpc) is 2.32. The fraction of sp³-hybridized carbons (Fsp3) is 0.824. The molecule has 4 fully saturated rings. The first kappa shape index (κ1) is 16.0. The Kier molecular flexibility index (Phi) is 3.31. The van der Waals surface area contributed by atoms with Crippen LogP contribution in [-0.2, 0) is 14.3 Å². The summed E-state index contributed by atoms with van der Waals surface area (Å²) >= 11 is 0. The number of hydrogen-bond acceptors (Lipinski definition) is 5. The van der Waals surface area contributed by atoms with Gasteiger partial charge in [-0.2, -0.15) is 0 Å². The third kappa shape index (κ3) is 2.14. The molecule has 0 radical (unpaired) electrons. The highest BCUT2D eigenvalue weighted by Crippen LogP contribution is 2.65. The van der Waals surface area contributed by atoms with Crippen LogP contribution < -0.4 is 0 Å². The molecule has 0 spiro atoms. The van der Waals surface area contributed by atoms with Crippen molar-refractivity contribution in [3.8, 4) is 0 Å². The van der Waals surface area contributed by atoms with Crippen LogP contribution in [0, 0.1) is 5.92 Å². The molecule has 3 unspecified atom stereocenters. The number of ether oxygens (including phenoxy) is 2. The van der Waals surface area contributed by atoms with Crippen molar-refractivity contribution in [3.05, 3.63) is 12.2 Å². The van der Waals surface area contributed by atoms with Crippen LogP contribution in [-0.4, -0.2) is 45.2 Å². The molecule has 22 heavy (non-hydrogen) atoms. The van der Waals surface area contributed by atoms with Crippen molar-refractivity contribution in [3.63, 3.8) is 0 Å². The summed E-state index contributed by atoms with van der Waals surface area (Å²) in [6.45, 7) is 9.66. The van der Waals surface area contributed by atoms with E-state index in [0.717, 1.165) is 0 Å². The topological polar surface area (TPSA) is 76.0 Å². The van der Waals surface area contributed by atoms with Crippen molar-refractivity contribution in [1.82, 2.24) is 0 Å². The molecule has 4 bridgehead atoms.